The lowest BCUT2D eigenvalue weighted by molar-refractivity contribution is -0.117. The number of nitrogens with one attached hydrogen (secondary N) is 1. The number of carbonyl (C=O) groups excluding carboxylic acids is 2. The molecule has 3 aromatic rings. The van der Waals surface area contributed by atoms with Crippen LogP contribution in [0.4, 0.5) is 4.79 Å². The third-order valence-corrected chi connectivity index (χ3v) is 4.87. The minimum Gasteiger partial charge on any atom is -0.351 e. The molecule has 0 spiro atoms. The Morgan fingerprint density at radius 3 is 2.52 bits per heavy atom. The molecule has 0 aliphatic carbocycles. The molecule has 0 saturated heterocycles. The molecule has 0 fully saturated rings. The van der Waals surface area contributed by atoms with E-state index in [1.165, 1.54) is 0 Å². The maximum atomic E-state index is 11.8. The number of thioether (sulfide) groups is 1. The van der Waals surface area contributed by atoms with Gasteiger partial charge in [0.2, 0.25) is 5.91 Å². The van der Waals surface area contributed by atoms with E-state index in [4.69, 9.17) is 17.3 Å². The number of rotatable bonds is 5. The Morgan fingerprint density at radius 1 is 1.15 bits per heavy atom. The van der Waals surface area contributed by atoms with E-state index in [1.54, 1.807) is 12.1 Å². The van der Waals surface area contributed by atoms with Gasteiger partial charge < -0.3 is 5.73 Å². The summed E-state index contributed by atoms with van der Waals surface area (Å²) in [6, 6.07) is 14.2. The van der Waals surface area contributed by atoms with Gasteiger partial charge >= 0.3 is 6.03 Å². The van der Waals surface area contributed by atoms with E-state index in [2.05, 4.69) is 10.2 Å². The van der Waals surface area contributed by atoms with E-state index in [-0.39, 0.29) is 5.75 Å². The molecular formula is C18H16ClN5O2S. The molecule has 0 aliphatic heterocycles. The van der Waals surface area contributed by atoms with E-state index >= 15 is 0 Å². The van der Waals surface area contributed by atoms with E-state index < -0.39 is 11.9 Å². The second kappa shape index (κ2) is 8.24. The fourth-order valence-electron chi connectivity index (χ4n) is 2.48. The van der Waals surface area contributed by atoms with E-state index in [9.17, 15) is 9.59 Å². The lowest BCUT2D eigenvalue weighted by Crippen LogP contribution is -2.36. The summed E-state index contributed by atoms with van der Waals surface area (Å²) < 4.78 is 1.88. The zero-order chi connectivity index (χ0) is 19.4. The predicted octanol–water partition coefficient (Wildman–Crippen LogP) is 3.18. The number of halogens is 1. The van der Waals surface area contributed by atoms with E-state index in [0.29, 0.717) is 16.0 Å². The molecule has 0 aliphatic rings. The van der Waals surface area contributed by atoms with Crippen molar-refractivity contribution in [3.63, 3.8) is 0 Å². The van der Waals surface area contributed by atoms with Crippen LogP contribution >= 0.6 is 23.4 Å². The summed E-state index contributed by atoms with van der Waals surface area (Å²) in [5, 5.41) is 11.7. The second-order valence-electron chi connectivity index (χ2n) is 5.64. The zero-order valence-electron chi connectivity index (χ0n) is 14.3. The summed E-state index contributed by atoms with van der Waals surface area (Å²) in [5.74, 6) is 0.103. The smallest absolute Gasteiger partial charge is 0.318 e. The number of nitrogens with zero attached hydrogens (tertiary/aromatic N) is 3. The van der Waals surface area contributed by atoms with Crippen molar-refractivity contribution in [2.75, 3.05) is 5.75 Å². The molecule has 0 bridgehead atoms. The Labute approximate surface area is 164 Å². The highest BCUT2D eigenvalue weighted by atomic mass is 35.5. The molecule has 2 aromatic carbocycles. The number of aryl methyl sites for hydroxylation is 1. The molecule has 1 heterocycles. The minimum atomic E-state index is -0.886. The molecule has 3 amide bonds. The average molecular weight is 402 g/mol. The number of primary amides is 1. The molecule has 0 saturated carbocycles. The molecule has 3 N–H and O–H groups in total. The van der Waals surface area contributed by atoms with Crippen molar-refractivity contribution in [2.45, 2.75) is 12.1 Å². The van der Waals surface area contributed by atoms with Crippen LogP contribution < -0.4 is 11.1 Å². The van der Waals surface area contributed by atoms with Gasteiger partial charge in [0.05, 0.1) is 11.4 Å². The van der Waals surface area contributed by atoms with Gasteiger partial charge in [-0.1, -0.05) is 41.6 Å². The van der Waals surface area contributed by atoms with Crippen LogP contribution in [0.15, 0.2) is 53.7 Å². The first kappa shape index (κ1) is 18.9. The van der Waals surface area contributed by atoms with E-state index in [1.807, 2.05) is 53.2 Å². The highest BCUT2D eigenvalue weighted by Gasteiger charge is 2.18. The molecule has 7 nitrogen and oxygen atoms in total. The Hall–Kier alpha value is -2.84. The number of carbonyl (C=O) groups is 2. The number of hydrogen-bond acceptors (Lipinski definition) is 5. The molecule has 0 unspecified atom stereocenters. The number of urea groups is 1. The number of imide groups is 1. The van der Waals surface area contributed by atoms with Crippen molar-refractivity contribution in [3.05, 3.63) is 59.1 Å². The van der Waals surface area contributed by atoms with Crippen molar-refractivity contribution in [2.24, 2.45) is 5.73 Å². The largest absolute Gasteiger partial charge is 0.351 e. The molecule has 1 aromatic heterocycles. The fraction of sp³-hybridized carbons (Fsp3) is 0.111. The van der Waals surface area contributed by atoms with Crippen LogP contribution in [0.25, 0.3) is 17.1 Å². The van der Waals surface area contributed by atoms with Crippen LogP contribution in [0.2, 0.25) is 5.02 Å². The van der Waals surface area contributed by atoms with Gasteiger partial charge in [0, 0.05) is 10.6 Å². The minimum absolute atomic E-state index is 0.0203. The Morgan fingerprint density at radius 2 is 1.85 bits per heavy atom. The van der Waals surface area contributed by atoms with Crippen LogP contribution in [0, 0.1) is 6.92 Å². The van der Waals surface area contributed by atoms with Crippen molar-refractivity contribution < 1.29 is 9.59 Å². The second-order valence-corrected chi connectivity index (χ2v) is 7.02. The van der Waals surface area contributed by atoms with Crippen molar-refractivity contribution in [1.29, 1.82) is 0 Å². The third kappa shape index (κ3) is 4.47. The standard InChI is InChI=1S/C18H16ClN5O2S/c1-11-4-2-3-5-14(11)24-16(12-6-8-13(19)9-7-12)22-23-18(24)27-10-15(25)21-17(20)26/h2-9H,10H2,1H3,(H3,20,21,25,26). The summed E-state index contributed by atoms with van der Waals surface area (Å²) >= 11 is 7.15. The Balaban J connectivity index is 2.01. The molecule has 27 heavy (non-hydrogen) atoms. The number of hydrogen-bond donors (Lipinski definition) is 2. The van der Waals surface area contributed by atoms with Crippen LogP contribution in [-0.4, -0.2) is 32.5 Å². The van der Waals surface area contributed by atoms with E-state index in [0.717, 1.165) is 28.6 Å². The summed E-state index contributed by atoms with van der Waals surface area (Å²) in [6.07, 6.45) is 0. The third-order valence-electron chi connectivity index (χ3n) is 3.69. The van der Waals surface area contributed by atoms with Gasteiger partial charge in [-0.2, -0.15) is 0 Å². The van der Waals surface area contributed by atoms with Crippen LogP contribution in [0.5, 0.6) is 0 Å². The first-order valence-corrected chi connectivity index (χ1v) is 9.31. The van der Waals surface area contributed by atoms with Gasteiger partial charge in [0.25, 0.3) is 0 Å². The summed E-state index contributed by atoms with van der Waals surface area (Å²) in [5.41, 5.74) is 7.73. The maximum Gasteiger partial charge on any atom is 0.318 e. The fourth-order valence-corrected chi connectivity index (χ4v) is 3.36. The molecule has 0 radical (unpaired) electrons. The number of benzene rings is 2. The average Bonchev–Trinajstić information content (AvgIpc) is 3.04. The number of aromatic nitrogens is 3. The van der Waals surface area contributed by atoms with Crippen LogP contribution in [0.3, 0.4) is 0 Å². The quantitative estimate of drug-likeness (QED) is 0.639. The lowest BCUT2D eigenvalue weighted by atomic mass is 10.1. The number of nitrogens with two attached hydrogens (primary N) is 1. The number of para-hydroxylation sites is 1. The van der Waals surface area contributed by atoms with Gasteiger partial charge in [-0.05, 0) is 42.8 Å². The van der Waals surface area contributed by atoms with Gasteiger partial charge in [-0.15, -0.1) is 10.2 Å². The molecule has 9 heteroatoms. The Bertz CT molecular complexity index is 988. The topological polar surface area (TPSA) is 103 Å². The number of amides is 3. The van der Waals surface area contributed by atoms with Gasteiger partial charge in [0.1, 0.15) is 0 Å². The summed E-state index contributed by atoms with van der Waals surface area (Å²) in [7, 11) is 0. The Kier molecular flexibility index (Phi) is 5.78. The summed E-state index contributed by atoms with van der Waals surface area (Å²) in [6.45, 7) is 1.98. The van der Waals surface area contributed by atoms with Gasteiger partial charge in [-0.3, -0.25) is 14.7 Å². The molecular weight excluding hydrogens is 386 g/mol. The zero-order valence-corrected chi connectivity index (χ0v) is 15.9. The first-order chi connectivity index (χ1) is 13.0. The van der Waals surface area contributed by atoms with Crippen molar-refractivity contribution >= 4 is 35.3 Å². The van der Waals surface area contributed by atoms with Crippen LogP contribution in [0.1, 0.15) is 5.56 Å². The first-order valence-electron chi connectivity index (χ1n) is 7.95. The van der Waals surface area contributed by atoms with Crippen LogP contribution in [-0.2, 0) is 4.79 Å². The molecule has 138 valence electrons. The normalized spacial score (nSPS) is 10.6. The SMILES string of the molecule is Cc1ccccc1-n1c(SCC(=O)NC(N)=O)nnc1-c1ccc(Cl)cc1. The lowest BCUT2D eigenvalue weighted by Gasteiger charge is -2.12. The highest BCUT2D eigenvalue weighted by molar-refractivity contribution is 7.99. The van der Waals surface area contributed by atoms with Crippen molar-refractivity contribution in [1.82, 2.24) is 20.1 Å². The highest BCUT2D eigenvalue weighted by Crippen LogP contribution is 2.29. The molecule has 0 atom stereocenters. The monoisotopic (exact) mass is 401 g/mol. The van der Waals surface area contributed by atoms with Gasteiger partial charge in [0.15, 0.2) is 11.0 Å². The maximum absolute atomic E-state index is 11.8. The summed E-state index contributed by atoms with van der Waals surface area (Å²) in [4.78, 5) is 22.6. The predicted molar refractivity (Wildman–Crippen MR) is 105 cm³/mol. The van der Waals surface area contributed by atoms with Crippen molar-refractivity contribution in [3.8, 4) is 17.1 Å². The molecule has 3 rings (SSSR count). The van der Waals surface area contributed by atoms with Gasteiger partial charge in [-0.25, -0.2) is 4.79 Å².